The van der Waals surface area contributed by atoms with Crippen LogP contribution < -0.4 is 10.1 Å². The first-order valence-corrected chi connectivity index (χ1v) is 6.87. The second kappa shape index (κ2) is 6.97. The number of nitrogens with one attached hydrogen (secondary N) is 1. The molecule has 0 fully saturated rings. The van der Waals surface area contributed by atoms with E-state index < -0.39 is 24.2 Å². The van der Waals surface area contributed by atoms with E-state index in [1.54, 1.807) is 18.2 Å². The monoisotopic (exact) mass is 336 g/mol. The molecule has 0 aliphatic rings. The highest BCUT2D eigenvalue weighted by Crippen LogP contribution is 2.28. The third-order valence-electron chi connectivity index (χ3n) is 2.82. The number of carbonyl (C=O) groups is 2. The van der Waals surface area contributed by atoms with Crippen molar-refractivity contribution in [3.8, 4) is 17.2 Å². The highest BCUT2D eigenvalue weighted by Gasteiger charge is 2.15. The standard InChI is InChI=1S/C15H13ClN2O5/c1-8-4-9(2-3-11(8)16)23-10-5-12(19)14(17-6-10)15(22)18-7-13(20)21/h2-6,19H,7H2,1H3,(H,18,22)(H,20,21). The number of ether oxygens (including phenoxy) is 1. The molecular formula is C15H13ClN2O5. The van der Waals surface area contributed by atoms with Gasteiger partial charge in [-0.15, -0.1) is 0 Å². The topological polar surface area (TPSA) is 109 Å². The number of aliphatic carboxylic acids is 1. The van der Waals surface area contributed by atoms with Gasteiger partial charge < -0.3 is 20.3 Å². The van der Waals surface area contributed by atoms with Crippen LogP contribution >= 0.6 is 11.6 Å². The van der Waals surface area contributed by atoms with Crippen LogP contribution in [0.4, 0.5) is 0 Å². The maximum absolute atomic E-state index is 11.7. The van der Waals surface area contributed by atoms with Crippen LogP contribution in [-0.4, -0.2) is 33.6 Å². The average Bonchev–Trinajstić information content (AvgIpc) is 2.49. The number of benzene rings is 1. The first-order valence-electron chi connectivity index (χ1n) is 6.50. The molecule has 0 aliphatic heterocycles. The Labute approximate surface area is 136 Å². The third kappa shape index (κ3) is 4.33. The van der Waals surface area contributed by atoms with Crippen LogP contribution in [0.2, 0.25) is 5.02 Å². The zero-order valence-electron chi connectivity index (χ0n) is 12.0. The van der Waals surface area contributed by atoms with Gasteiger partial charge in [0.2, 0.25) is 0 Å². The highest BCUT2D eigenvalue weighted by atomic mass is 35.5. The lowest BCUT2D eigenvalue weighted by Crippen LogP contribution is -2.29. The number of hydrogen-bond donors (Lipinski definition) is 3. The van der Waals surface area contributed by atoms with Gasteiger partial charge in [0.1, 0.15) is 18.0 Å². The molecule has 0 spiro atoms. The van der Waals surface area contributed by atoms with E-state index in [9.17, 15) is 14.7 Å². The Morgan fingerprint density at radius 2 is 2.04 bits per heavy atom. The van der Waals surface area contributed by atoms with E-state index in [0.29, 0.717) is 10.8 Å². The molecule has 0 saturated carbocycles. The zero-order chi connectivity index (χ0) is 17.0. The molecule has 1 aromatic heterocycles. The van der Waals surface area contributed by atoms with Crippen molar-refractivity contribution in [2.75, 3.05) is 6.54 Å². The molecule has 0 unspecified atom stereocenters. The lowest BCUT2D eigenvalue weighted by atomic mass is 10.2. The van der Waals surface area contributed by atoms with E-state index in [1.165, 1.54) is 12.3 Å². The van der Waals surface area contributed by atoms with E-state index in [-0.39, 0.29) is 11.4 Å². The quantitative estimate of drug-likeness (QED) is 0.773. The normalized spacial score (nSPS) is 10.2. The largest absolute Gasteiger partial charge is 0.505 e. The van der Waals surface area contributed by atoms with E-state index in [2.05, 4.69) is 10.3 Å². The second-order valence-corrected chi connectivity index (χ2v) is 5.04. The maximum atomic E-state index is 11.7. The van der Waals surface area contributed by atoms with Crippen LogP contribution in [0.25, 0.3) is 0 Å². The van der Waals surface area contributed by atoms with E-state index >= 15 is 0 Å². The van der Waals surface area contributed by atoms with Crippen molar-refractivity contribution < 1.29 is 24.5 Å². The summed E-state index contributed by atoms with van der Waals surface area (Å²) in [5.41, 5.74) is 0.539. The number of pyridine rings is 1. The fourth-order valence-electron chi connectivity index (χ4n) is 1.72. The number of aromatic hydroxyl groups is 1. The minimum atomic E-state index is -1.20. The smallest absolute Gasteiger partial charge is 0.322 e. The van der Waals surface area contributed by atoms with Crippen LogP contribution in [0.5, 0.6) is 17.2 Å². The fraction of sp³-hybridized carbons (Fsp3) is 0.133. The molecule has 0 radical (unpaired) electrons. The van der Waals surface area contributed by atoms with E-state index in [4.69, 9.17) is 21.4 Å². The predicted molar refractivity (Wildman–Crippen MR) is 82.1 cm³/mol. The number of aromatic nitrogens is 1. The van der Waals surface area contributed by atoms with Crippen molar-refractivity contribution in [2.24, 2.45) is 0 Å². The minimum Gasteiger partial charge on any atom is -0.505 e. The van der Waals surface area contributed by atoms with Gasteiger partial charge in [0.25, 0.3) is 5.91 Å². The van der Waals surface area contributed by atoms with Crippen molar-refractivity contribution >= 4 is 23.5 Å². The molecule has 1 heterocycles. The first kappa shape index (κ1) is 16.6. The number of nitrogens with zero attached hydrogens (tertiary/aromatic N) is 1. The summed E-state index contributed by atoms with van der Waals surface area (Å²) in [6.45, 7) is 1.25. The number of carboxylic acids is 1. The predicted octanol–water partition coefficient (Wildman–Crippen LogP) is 2.36. The first-order chi connectivity index (χ1) is 10.9. The number of hydrogen-bond acceptors (Lipinski definition) is 5. The van der Waals surface area contributed by atoms with Crippen LogP contribution in [0.3, 0.4) is 0 Å². The highest BCUT2D eigenvalue weighted by molar-refractivity contribution is 6.31. The van der Waals surface area contributed by atoms with Crippen molar-refractivity contribution in [2.45, 2.75) is 6.92 Å². The van der Waals surface area contributed by atoms with Gasteiger partial charge >= 0.3 is 5.97 Å². The Kier molecular flexibility index (Phi) is 5.02. The number of amides is 1. The number of carboxylic acid groups (broad SMARTS) is 1. The minimum absolute atomic E-state index is 0.221. The average molecular weight is 337 g/mol. The molecule has 1 aromatic carbocycles. The van der Waals surface area contributed by atoms with Crippen LogP contribution in [0.15, 0.2) is 30.5 Å². The summed E-state index contributed by atoms with van der Waals surface area (Å²) < 4.78 is 5.52. The van der Waals surface area contributed by atoms with Crippen LogP contribution in [0.1, 0.15) is 16.1 Å². The lowest BCUT2D eigenvalue weighted by molar-refractivity contribution is -0.135. The molecule has 23 heavy (non-hydrogen) atoms. The molecule has 0 aliphatic carbocycles. The van der Waals surface area contributed by atoms with Gasteiger partial charge in [-0.05, 0) is 30.7 Å². The molecule has 0 saturated heterocycles. The van der Waals surface area contributed by atoms with Crippen LogP contribution in [-0.2, 0) is 4.79 Å². The number of rotatable bonds is 5. The molecular weight excluding hydrogens is 324 g/mol. The van der Waals surface area contributed by atoms with Crippen molar-refractivity contribution in [1.82, 2.24) is 10.3 Å². The van der Waals surface area contributed by atoms with Gasteiger partial charge in [-0.3, -0.25) is 9.59 Å². The summed E-state index contributed by atoms with van der Waals surface area (Å²) in [7, 11) is 0. The van der Waals surface area contributed by atoms with Gasteiger partial charge in [0, 0.05) is 11.1 Å². The summed E-state index contributed by atoms with van der Waals surface area (Å²) in [5.74, 6) is -1.69. The number of halogens is 1. The second-order valence-electron chi connectivity index (χ2n) is 4.63. The van der Waals surface area contributed by atoms with E-state index in [1.807, 2.05) is 6.92 Å². The van der Waals surface area contributed by atoms with Gasteiger partial charge in [-0.2, -0.15) is 0 Å². The zero-order valence-corrected chi connectivity index (χ0v) is 12.8. The van der Waals surface area contributed by atoms with Gasteiger partial charge in [-0.25, -0.2) is 4.98 Å². The molecule has 1 amide bonds. The Bertz CT molecular complexity index is 764. The molecule has 120 valence electrons. The maximum Gasteiger partial charge on any atom is 0.322 e. The molecule has 8 heteroatoms. The summed E-state index contributed by atoms with van der Waals surface area (Å²) in [5, 5.41) is 21.0. The lowest BCUT2D eigenvalue weighted by Gasteiger charge is -2.09. The summed E-state index contributed by atoms with van der Waals surface area (Å²) in [6, 6.07) is 6.26. The molecule has 3 N–H and O–H groups in total. The van der Waals surface area contributed by atoms with Gasteiger partial charge in [0.15, 0.2) is 11.4 Å². The third-order valence-corrected chi connectivity index (χ3v) is 3.25. The molecule has 7 nitrogen and oxygen atoms in total. The van der Waals surface area contributed by atoms with Crippen LogP contribution in [0, 0.1) is 6.92 Å². The summed E-state index contributed by atoms with van der Waals surface area (Å²) in [4.78, 5) is 25.9. The Hall–Kier alpha value is -2.80. The van der Waals surface area contributed by atoms with Gasteiger partial charge in [-0.1, -0.05) is 11.6 Å². The summed E-state index contributed by atoms with van der Waals surface area (Å²) in [6.07, 6.45) is 1.25. The Morgan fingerprint density at radius 1 is 1.30 bits per heavy atom. The SMILES string of the molecule is Cc1cc(Oc2cnc(C(=O)NCC(=O)O)c(O)c2)ccc1Cl. The van der Waals surface area contributed by atoms with Crippen molar-refractivity contribution in [3.63, 3.8) is 0 Å². The number of aryl methyl sites for hydroxylation is 1. The number of carbonyl (C=O) groups excluding carboxylic acids is 1. The molecule has 2 aromatic rings. The molecule has 2 rings (SSSR count). The van der Waals surface area contributed by atoms with Crippen molar-refractivity contribution in [1.29, 1.82) is 0 Å². The molecule has 0 bridgehead atoms. The van der Waals surface area contributed by atoms with Crippen molar-refractivity contribution in [3.05, 3.63) is 46.7 Å². The Morgan fingerprint density at radius 3 is 2.65 bits per heavy atom. The Balaban J connectivity index is 2.13. The van der Waals surface area contributed by atoms with E-state index in [0.717, 1.165) is 5.56 Å². The molecule has 0 atom stereocenters. The fourth-order valence-corrected chi connectivity index (χ4v) is 1.84. The van der Waals surface area contributed by atoms with Gasteiger partial charge in [0.05, 0.1) is 6.20 Å². The summed E-state index contributed by atoms with van der Waals surface area (Å²) >= 11 is 5.92.